The van der Waals surface area contributed by atoms with Gasteiger partial charge in [-0.2, -0.15) is 10.2 Å². The number of aryl methyl sites for hydroxylation is 2. The first kappa shape index (κ1) is 22.2. The van der Waals surface area contributed by atoms with Crippen molar-refractivity contribution < 1.29 is 19.8 Å². The standard InChI is InChI=1S/C23H21N5O4/c1-14-20(22(31)27-24-12-16-5-3-7-18(29)9-16)11-21(15(2)26-14)23(32)28-25-13-17-6-4-8-19(30)10-17/h3-13,29-30H,1-2H3,(H,27,31)(H,28,32)/b24-12+,25-13+. The Labute approximate surface area is 184 Å². The molecular formula is C23H21N5O4. The van der Waals surface area contributed by atoms with Gasteiger partial charge in [-0.15, -0.1) is 0 Å². The Bertz CT molecular complexity index is 1130. The molecule has 32 heavy (non-hydrogen) atoms. The Morgan fingerprint density at radius 3 is 1.62 bits per heavy atom. The lowest BCUT2D eigenvalue weighted by atomic mass is 10.1. The number of pyridine rings is 1. The summed E-state index contributed by atoms with van der Waals surface area (Å²) in [5.41, 5.74) is 7.23. The van der Waals surface area contributed by atoms with Crippen molar-refractivity contribution in [3.05, 3.63) is 88.2 Å². The Kier molecular flexibility index (Phi) is 6.92. The number of phenolic OH excluding ortho intramolecular Hbond substituents is 2. The van der Waals surface area contributed by atoms with Gasteiger partial charge in [-0.25, -0.2) is 10.9 Å². The van der Waals surface area contributed by atoms with Crippen LogP contribution in [0.2, 0.25) is 0 Å². The second kappa shape index (κ2) is 9.98. The van der Waals surface area contributed by atoms with Crippen LogP contribution in [0.5, 0.6) is 11.5 Å². The lowest BCUT2D eigenvalue weighted by Crippen LogP contribution is -2.23. The molecule has 1 heterocycles. The van der Waals surface area contributed by atoms with Crippen LogP contribution in [0.15, 0.2) is 64.8 Å². The molecule has 0 unspecified atom stereocenters. The van der Waals surface area contributed by atoms with E-state index in [2.05, 4.69) is 26.0 Å². The van der Waals surface area contributed by atoms with E-state index in [4.69, 9.17) is 0 Å². The minimum Gasteiger partial charge on any atom is -0.508 e. The fourth-order valence-corrected chi connectivity index (χ4v) is 2.85. The number of nitrogens with one attached hydrogen (secondary N) is 2. The van der Waals surface area contributed by atoms with Crippen LogP contribution in [0.3, 0.4) is 0 Å². The molecule has 2 amide bonds. The van der Waals surface area contributed by atoms with Gasteiger partial charge in [-0.3, -0.25) is 14.6 Å². The maximum Gasteiger partial charge on any atom is 0.273 e. The molecular weight excluding hydrogens is 410 g/mol. The molecule has 0 saturated heterocycles. The highest BCUT2D eigenvalue weighted by Gasteiger charge is 2.17. The van der Waals surface area contributed by atoms with E-state index >= 15 is 0 Å². The summed E-state index contributed by atoms with van der Waals surface area (Å²) < 4.78 is 0. The first-order chi connectivity index (χ1) is 15.3. The third kappa shape index (κ3) is 5.76. The number of rotatable bonds is 6. The topological polar surface area (TPSA) is 136 Å². The number of aromatic nitrogens is 1. The second-order valence-corrected chi connectivity index (χ2v) is 6.84. The highest BCUT2D eigenvalue weighted by atomic mass is 16.3. The van der Waals surface area contributed by atoms with Crippen molar-refractivity contribution in [1.82, 2.24) is 15.8 Å². The van der Waals surface area contributed by atoms with E-state index in [-0.39, 0.29) is 22.6 Å². The number of carbonyl (C=O) groups is 2. The van der Waals surface area contributed by atoms with Crippen molar-refractivity contribution in [3.8, 4) is 11.5 Å². The van der Waals surface area contributed by atoms with Gasteiger partial charge in [0, 0.05) is 0 Å². The fourth-order valence-electron chi connectivity index (χ4n) is 2.85. The van der Waals surface area contributed by atoms with Crippen molar-refractivity contribution in [2.45, 2.75) is 13.8 Å². The number of benzene rings is 2. The molecule has 0 atom stereocenters. The van der Waals surface area contributed by atoms with E-state index in [1.165, 1.54) is 42.8 Å². The minimum atomic E-state index is -0.538. The van der Waals surface area contributed by atoms with E-state index in [1.807, 2.05) is 0 Å². The Morgan fingerprint density at radius 1 is 0.781 bits per heavy atom. The minimum absolute atomic E-state index is 0.0845. The van der Waals surface area contributed by atoms with Crippen molar-refractivity contribution in [2.75, 3.05) is 0 Å². The molecule has 0 saturated carbocycles. The first-order valence-electron chi connectivity index (χ1n) is 9.56. The van der Waals surface area contributed by atoms with Gasteiger partial charge in [0.2, 0.25) is 0 Å². The van der Waals surface area contributed by atoms with Crippen LogP contribution in [0.4, 0.5) is 0 Å². The fraction of sp³-hybridized carbons (Fsp3) is 0.0870. The van der Waals surface area contributed by atoms with Crippen molar-refractivity contribution >= 4 is 24.2 Å². The average Bonchev–Trinajstić information content (AvgIpc) is 2.73. The van der Waals surface area contributed by atoms with E-state index < -0.39 is 11.8 Å². The second-order valence-electron chi connectivity index (χ2n) is 6.84. The molecule has 1 aromatic heterocycles. The zero-order valence-electron chi connectivity index (χ0n) is 17.4. The number of amides is 2. The zero-order chi connectivity index (χ0) is 23.1. The van der Waals surface area contributed by atoms with Crippen LogP contribution < -0.4 is 10.9 Å². The zero-order valence-corrected chi connectivity index (χ0v) is 17.4. The van der Waals surface area contributed by atoms with Gasteiger partial charge in [-0.1, -0.05) is 24.3 Å². The summed E-state index contributed by atoms with van der Waals surface area (Å²) in [6, 6.07) is 14.2. The molecule has 0 aliphatic rings. The molecule has 3 rings (SSSR count). The van der Waals surface area contributed by atoms with Gasteiger partial charge in [-0.05, 0) is 55.3 Å². The molecule has 0 bridgehead atoms. The van der Waals surface area contributed by atoms with Gasteiger partial charge in [0.05, 0.1) is 34.9 Å². The third-order valence-corrected chi connectivity index (χ3v) is 4.39. The van der Waals surface area contributed by atoms with Crippen LogP contribution in [0.1, 0.15) is 43.2 Å². The first-order valence-corrected chi connectivity index (χ1v) is 9.56. The number of hydrazone groups is 2. The highest BCUT2D eigenvalue weighted by molar-refractivity contribution is 6.01. The average molecular weight is 431 g/mol. The van der Waals surface area contributed by atoms with Crippen LogP contribution in [-0.4, -0.2) is 39.4 Å². The number of hydrogen-bond acceptors (Lipinski definition) is 7. The number of carbonyl (C=O) groups excluding carboxylic acids is 2. The molecule has 0 fully saturated rings. The van der Waals surface area contributed by atoms with Crippen LogP contribution in [-0.2, 0) is 0 Å². The third-order valence-electron chi connectivity index (χ3n) is 4.39. The molecule has 162 valence electrons. The largest absolute Gasteiger partial charge is 0.508 e. The van der Waals surface area contributed by atoms with Crippen molar-refractivity contribution in [3.63, 3.8) is 0 Å². The number of nitrogens with zero attached hydrogens (tertiary/aromatic N) is 3. The SMILES string of the molecule is Cc1nc(C)c(C(=O)N/N=C/c2cccc(O)c2)cc1C(=O)N/N=C/c1cccc(O)c1. The molecule has 0 aliphatic carbocycles. The van der Waals surface area contributed by atoms with Gasteiger partial charge in [0.25, 0.3) is 11.8 Å². The van der Waals surface area contributed by atoms with Crippen LogP contribution in [0, 0.1) is 13.8 Å². The van der Waals surface area contributed by atoms with Gasteiger partial charge in [0.15, 0.2) is 0 Å². The van der Waals surface area contributed by atoms with Gasteiger partial charge in [0.1, 0.15) is 11.5 Å². The summed E-state index contributed by atoms with van der Waals surface area (Å²) in [5, 5.41) is 26.7. The predicted molar refractivity (Wildman–Crippen MR) is 120 cm³/mol. The summed E-state index contributed by atoms with van der Waals surface area (Å²) in [5.74, 6) is -0.908. The summed E-state index contributed by atoms with van der Waals surface area (Å²) in [7, 11) is 0. The molecule has 0 radical (unpaired) electrons. The van der Waals surface area contributed by atoms with E-state index in [1.54, 1.807) is 38.1 Å². The lowest BCUT2D eigenvalue weighted by molar-refractivity contribution is 0.0954. The van der Waals surface area contributed by atoms with E-state index in [0.29, 0.717) is 22.5 Å². The smallest absolute Gasteiger partial charge is 0.273 e. The summed E-state index contributed by atoms with van der Waals surface area (Å²) in [6.07, 6.45) is 2.77. The number of hydrogen-bond donors (Lipinski definition) is 4. The Balaban J connectivity index is 1.71. The summed E-state index contributed by atoms with van der Waals surface area (Å²) >= 11 is 0. The molecule has 4 N–H and O–H groups in total. The molecule has 3 aromatic rings. The Hall–Kier alpha value is -4.53. The quantitative estimate of drug-likeness (QED) is 0.351. The van der Waals surface area contributed by atoms with Gasteiger partial charge >= 0.3 is 0 Å². The Morgan fingerprint density at radius 2 is 1.22 bits per heavy atom. The van der Waals surface area contributed by atoms with Crippen molar-refractivity contribution in [2.24, 2.45) is 10.2 Å². The normalized spacial score (nSPS) is 11.1. The summed E-state index contributed by atoms with van der Waals surface area (Å²) in [6.45, 7) is 3.31. The number of aromatic hydroxyl groups is 2. The van der Waals surface area contributed by atoms with E-state index in [9.17, 15) is 19.8 Å². The monoisotopic (exact) mass is 431 g/mol. The molecule has 0 spiro atoms. The van der Waals surface area contributed by atoms with E-state index in [0.717, 1.165) is 0 Å². The van der Waals surface area contributed by atoms with Crippen molar-refractivity contribution in [1.29, 1.82) is 0 Å². The maximum atomic E-state index is 12.5. The number of phenols is 2. The summed E-state index contributed by atoms with van der Waals surface area (Å²) in [4.78, 5) is 29.4. The molecule has 9 nitrogen and oxygen atoms in total. The predicted octanol–water partition coefficient (Wildman–Crippen LogP) is 2.64. The van der Waals surface area contributed by atoms with Gasteiger partial charge < -0.3 is 10.2 Å². The van der Waals surface area contributed by atoms with Crippen LogP contribution in [0.25, 0.3) is 0 Å². The molecule has 2 aromatic carbocycles. The molecule has 0 aliphatic heterocycles. The maximum absolute atomic E-state index is 12.5. The highest BCUT2D eigenvalue weighted by Crippen LogP contribution is 2.14. The molecule has 9 heteroatoms. The lowest BCUT2D eigenvalue weighted by Gasteiger charge is -2.09. The van der Waals surface area contributed by atoms with Crippen LogP contribution >= 0.6 is 0 Å².